The van der Waals surface area contributed by atoms with Crippen molar-refractivity contribution in [2.45, 2.75) is 31.3 Å². The number of likely N-dealkylation sites (N-methyl/N-ethyl adjacent to an activating group) is 1. The van der Waals surface area contributed by atoms with E-state index in [-0.39, 0.29) is 11.1 Å². The van der Waals surface area contributed by atoms with E-state index in [0.29, 0.717) is 0 Å². The maximum atomic E-state index is 11.8. The summed E-state index contributed by atoms with van der Waals surface area (Å²) in [4.78, 5) is 17.9. The topological polar surface area (TPSA) is 91.8 Å². The average Bonchev–Trinajstić information content (AvgIpc) is 2.99. The second-order valence-corrected chi connectivity index (χ2v) is 7.52. The highest BCUT2D eigenvalue weighted by molar-refractivity contribution is 7.90. The van der Waals surface area contributed by atoms with Gasteiger partial charge in [-0.2, -0.15) is 0 Å². The van der Waals surface area contributed by atoms with Crippen LogP contribution in [0.3, 0.4) is 0 Å². The lowest BCUT2D eigenvalue weighted by Gasteiger charge is -2.34. The minimum atomic E-state index is -3.41. The van der Waals surface area contributed by atoms with E-state index in [1.807, 2.05) is 20.0 Å². The molecular weight excluding hydrogens is 302 g/mol. The fraction of sp³-hybridized carbons (Fsp3) is 0.500. The first kappa shape index (κ1) is 15.0. The Morgan fingerprint density at radius 2 is 2.18 bits per heavy atom. The van der Waals surface area contributed by atoms with Crippen LogP contribution in [0.1, 0.15) is 29.8 Å². The lowest BCUT2D eigenvalue weighted by atomic mass is 9.91. The number of fused-ring (bicyclic) bond motifs is 1. The highest BCUT2D eigenvalue weighted by atomic mass is 32.2. The van der Waals surface area contributed by atoms with Gasteiger partial charge in [-0.15, -0.1) is 0 Å². The first-order valence-corrected chi connectivity index (χ1v) is 9.10. The van der Waals surface area contributed by atoms with Gasteiger partial charge in [-0.05, 0) is 20.3 Å². The van der Waals surface area contributed by atoms with Gasteiger partial charge < -0.3 is 9.88 Å². The Morgan fingerprint density at radius 3 is 2.77 bits per heavy atom. The standard InChI is InChI=1S/C14H19N5O2S/c1-4-19-7-10(12-6-15-8-16-12)5-11-9(2)17-14(18-13(11)19)22(3,20)21/h6,8,10H,4-5,7H2,1-3H3,(H,15,16). The van der Waals surface area contributed by atoms with Crippen LogP contribution in [-0.4, -0.2) is 47.7 Å². The molecule has 0 fully saturated rings. The van der Waals surface area contributed by atoms with Gasteiger partial charge in [0.2, 0.25) is 15.0 Å². The number of sulfone groups is 1. The molecule has 0 radical (unpaired) electrons. The van der Waals surface area contributed by atoms with E-state index in [0.717, 1.165) is 48.5 Å². The average molecular weight is 321 g/mol. The van der Waals surface area contributed by atoms with Crippen molar-refractivity contribution in [3.05, 3.63) is 29.5 Å². The highest BCUT2D eigenvalue weighted by Crippen LogP contribution is 2.34. The van der Waals surface area contributed by atoms with Crippen LogP contribution in [0, 0.1) is 6.92 Å². The molecule has 1 N–H and O–H groups in total. The number of aromatic amines is 1. The van der Waals surface area contributed by atoms with Crippen LogP contribution in [-0.2, 0) is 16.3 Å². The number of rotatable bonds is 3. The van der Waals surface area contributed by atoms with Crippen molar-refractivity contribution in [3.8, 4) is 0 Å². The molecular formula is C14H19N5O2S. The van der Waals surface area contributed by atoms with Crippen LogP contribution in [0.5, 0.6) is 0 Å². The van der Waals surface area contributed by atoms with Gasteiger partial charge in [0.05, 0.1) is 6.33 Å². The monoisotopic (exact) mass is 321 g/mol. The Morgan fingerprint density at radius 1 is 1.41 bits per heavy atom. The number of imidazole rings is 1. The van der Waals surface area contributed by atoms with E-state index in [1.165, 1.54) is 0 Å². The first-order chi connectivity index (χ1) is 10.4. The van der Waals surface area contributed by atoms with Crippen LogP contribution in [0.2, 0.25) is 0 Å². The third-order valence-electron chi connectivity index (χ3n) is 4.03. The fourth-order valence-electron chi connectivity index (χ4n) is 2.86. The molecule has 0 spiro atoms. The van der Waals surface area contributed by atoms with Crippen LogP contribution >= 0.6 is 0 Å². The molecule has 1 aliphatic heterocycles. The number of hydrogen-bond acceptors (Lipinski definition) is 6. The molecule has 0 saturated heterocycles. The normalized spacial score (nSPS) is 18.3. The van der Waals surface area contributed by atoms with Crippen molar-refractivity contribution >= 4 is 15.7 Å². The zero-order valence-corrected chi connectivity index (χ0v) is 13.7. The van der Waals surface area contributed by atoms with Crippen LogP contribution < -0.4 is 4.90 Å². The van der Waals surface area contributed by atoms with Crippen LogP contribution in [0.15, 0.2) is 17.7 Å². The third kappa shape index (κ3) is 2.58. The van der Waals surface area contributed by atoms with Crippen molar-refractivity contribution < 1.29 is 8.42 Å². The van der Waals surface area contributed by atoms with E-state index in [9.17, 15) is 8.42 Å². The summed E-state index contributed by atoms with van der Waals surface area (Å²) in [5.74, 6) is 1.02. The number of aryl methyl sites for hydroxylation is 1. The Balaban J connectivity index is 2.08. The lowest BCUT2D eigenvalue weighted by Crippen LogP contribution is -2.36. The second-order valence-electron chi connectivity index (χ2n) is 5.61. The number of nitrogens with one attached hydrogen (secondary N) is 1. The summed E-state index contributed by atoms with van der Waals surface area (Å²) < 4.78 is 23.5. The van der Waals surface area contributed by atoms with Crippen molar-refractivity contribution in [3.63, 3.8) is 0 Å². The van der Waals surface area contributed by atoms with Gasteiger partial charge in [0.15, 0.2) is 0 Å². The summed E-state index contributed by atoms with van der Waals surface area (Å²) in [5, 5.41) is -0.0952. The molecule has 0 saturated carbocycles. The number of nitrogens with zero attached hydrogens (tertiary/aromatic N) is 4. The Kier molecular flexibility index (Phi) is 3.64. The summed E-state index contributed by atoms with van der Waals surface area (Å²) in [5.41, 5.74) is 2.82. The number of anilines is 1. The molecule has 118 valence electrons. The number of H-pyrrole nitrogens is 1. The van der Waals surface area contributed by atoms with Gasteiger partial charge in [0.25, 0.3) is 0 Å². The van der Waals surface area contributed by atoms with E-state index in [4.69, 9.17) is 0 Å². The predicted octanol–water partition coefficient (Wildman–Crippen LogP) is 1.08. The molecule has 1 aliphatic rings. The van der Waals surface area contributed by atoms with Crippen molar-refractivity contribution in [1.82, 2.24) is 19.9 Å². The van der Waals surface area contributed by atoms with E-state index in [2.05, 4.69) is 24.8 Å². The second kappa shape index (κ2) is 5.35. The summed E-state index contributed by atoms with van der Waals surface area (Å²) in [6.45, 7) is 5.43. The molecule has 3 heterocycles. The zero-order chi connectivity index (χ0) is 15.9. The summed E-state index contributed by atoms with van der Waals surface area (Å²) in [6, 6.07) is 0. The largest absolute Gasteiger partial charge is 0.356 e. The molecule has 0 amide bonds. The van der Waals surface area contributed by atoms with Gasteiger partial charge in [-0.1, -0.05) is 0 Å². The van der Waals surface area contributed by atoms with E-state index in [1.54, 1.807) is 6.33 Å². The molecule has 1 unspecified atom stereocenters. The summed E-state index contributed by atoms with van der Waals surface area (Å²) in [6.07, 6.45) is 5.44. The quantitative estimate of drug-likeness (QED) is 0.851. The fourth-order valence-corrected chi connectivity index (χ4v) is 3.42. The zero-order valence-electron chi connectivity index (χ0n) is 12.9. The molecule has 7 nitrogen and oxygen atoms in total. The lowest BCUT2D eigenvalue weighted by molar-refractivity contribution is 0.573. The summed E-state index contributed by atoms with van der Waals surface area (Å²) >= 11 is 0. The molecule has 2 aromatic heterocycles. The Hall–Kier alpha value is -1.96. The number of hydrogen-bond donors (Lipinski definition) is 1. The Bertz CT molecular complexity index is 786. The van der Waals surface area contributed by atoms with E-state index >= 15 is 0 Å². The third-order valence-corrected chi connectivity index (χ3v) is 4.88. The van der Waals surface area contributed by atoms with Crippen molar-refractivity contribution in [1.29, 1.82) is 0 Å². The minimum absolute atomic E-state index is 0.0952. The SMILES string of the molecule is CCN1CC(c2cnc[nH]2)Cc2c(C)nc(S(C)(=O)=O)nc21. The molecule has 0 aliphatic carbocycles. The summed E-state index contributed by atoms with van der Waals surface area (Å²) in [7, 11) is -3.41. The predicted molar refractivity (Wildman–Crippen MR) is 82.8 cm³/mol. The maximum Gasteiger partial charge on any atom is 0.248 e. The molecule has 22 heavy (non-hydrogen) atoms. The number of aromatic nitrogens is 4. The molecule has 1 atom stereocenters. The van der Waals surface area contributed by atoms with Crippen LogP contribution in [0.4, 0.5) is 5.82 Å². The smallest absolute Gasteiger partial charge is 0.248 e. The molecule has 2 aromatic rings. The van der Waals surface area contributed by atoms with Gasteiger partial charge in [-0.3, -0.25) is 0 Å². The van der Waals surface area contributed by atoms with Gasteiger partial charge in [0, 0.05) is 48.4 Å². The molecule has 3 rings (SSSR count). The molecule has 8 heteroatoms. The minimum Gasteiger partial charge on any atom is -0.356 e. The molecule has 0 bridgehead atoms. The van der Waals surface area contributed by atoms with Gasteiger partial charge in [0.1, 0.15) is 5.82 Å². The van der Waals surface area contributed by atoms with Gasteiger partial charge in [-0.25, -0.2) is 23.4 Å². The van der Waals surface area contributed by atoms with Crippen molar-refractivity contribution in [2.75, 3.05) is 24.2 Å². The highest BCUT2D eigenvalue weighted by Gasteiger charge is 2.30. The van der Waals surface area contributed by atoms with Crippen molar-refractivity contribution in [2.24, 2.45) is 0 Å². The maximum absolute atomic E-state index is 11.8. The Labute approximate surface area is 129 Å². The van der Waals surface area contributed by atoms with Gasteiger partial charge >= 0.3 is 0 Å². The first-order valence-electron chi connectivity index (χ1n) is 7.21. The van der Waals surface area contributed by atoms with Crippen LogP contribution in [0.25, 0.3) is 0 Å². The molecule has 0 aromatic carbocycles. The van der Waals surface area contributed by atoms with E-state index < -0.39 is 9.84 Å².